The molecule has 1 aliphatic heterocycles. The maximum atomic E-state index is 12.6. The van der Waals surface area contributed by atoms with Gasteiger partial charge in [-0.2, -0.15) is 8.78 Å². The van der Waals surface area contributed by atoms with Crippen LogP contribution in [0.5, 0.6) is 11.5 Å². The van der Waals surface area contributed by atoms with Crippen LogP contribution < -0.4 is 14.8 Å². The molecule has 0 aromatic heterocycles. The lowest BCUT2D eigenvalue weighted by Crippen LogP contribution is -2.35. The van der Waals surface area contributed by atoms with E-state index in [2.05, 4.69) is 15.0 Å². The van der Waals surface area contributed by atoms with Crippen LogP contribution in [0.3, 0.4) is 0 Å². The van der Waals surface area contributed by atoms with Gasteiger partial charge in [-0.1, -0.05) is 18.2 Å². The van der Waals surface area contributed by atoms with Crippen molar-refractivity contribution in [2.75, 3.05) is 31.6 Å². The molecule has 0 aliphatic carbocycles. The Balaban J connectivity index is 1.71. The lowest BCUT2D eigenvalue weighted by atomic mass is 10.1. The van der Waals surface area contributed by atoms with Crippen molar-refractivity contribution in [3.63, 3.8) is 0 Å². The van der Waals surface area contributed by atoms with Crippen LogP contribution in [0, 0.1) is 0 Å². The van der Waals surface area contributed by atoms with E-state index in [-0.39, 0.29) is 5.75 Å². The van der Waals surface area contributed by atoms with Crippen molar-refractivity contribution in [1.82, 2.24) is 4.90 Å². The summed E-state index contributed by atoms with van der Waals surface area (Å²) in [4.78, 5) is 14.2. The molecule has 144 valence electrons. The third-order valence-corrected chi connectivity index (χ3v) is 3.90. The van der Waals surface area contributed by atoms with Crippen LogP contribution in [0.1, 0.15) is 5.56 Å². The Morgan fingerprint density at radius 3 is 2.56 bits per heavy atom. The maximum absolute atomic E-state index is 12.6. The van der Waals surface area contributed by atoms with Gasteiger partial charge < -0.3 is 14.2 Å². The van der Waals surface area contributed by atoms with Crippen molar-refractivity contribution in [2.24, 2.45) is 0 Å². The molecule has 1 saturated heterocycles. The van der Waals surface area contributed by atoms with E-state index >= 15 is 0 Å². The van der Waals surface area contributed by atoms with Crippen LogP contribution in [0.15, 0.2) is 48.5 Å². The van der Waals surface area contributed by atoms with E-state index in [4.69, 9.17) is 9.47 Å². The van der Waals surface area contributed by atoms with Gasteiger partial charge in [0.05, 0.1) is 13.2 Å². The van der Waals surface area contributed by atoms with Crippen molar-refractivity contribution in [3.05, 3.63) is 54.1 Å². The van der Waals surface area contributed by atoms with E-state index in [1.807, 2.05) is 0 Å². The van der Waals surface area contributed by atoms with Crippen LogP contribution in [-0.4, -0.2) is 43.9 Å². The highest BCUT2D eigenvalue weighted by molar-refractivity contribution is 5.86. The minimum absolute atomic E-state index is 0.0224. The number of nitrogens with zero attached hydrogens (tertiary/aromatic N) is 1. The van der Waals surface area contributed by atoms with Crippen LogP contribution >= 0.6 is 0 Å². The maximum Gasteiger partial charge on any atom is 0.417 e. The second-order valence-corrected chi connectivity index (χ2v) is 5.96. The minimum atomic E-state index is -2.95. The molecule has 1 aliphatic rings. The van der Waals surface area contributed by atoms with E-state index in [1.165, 1.54) is 12.1 Å². The van der Waals surface area contributed by atoms with Gasteiger partial charge in [0.15, 0.2) is 0 Å². The van der Waals surface area contributed by atoms with Gasteiger partial charge in [0.25, 0.3) is 0 Å². The average molecular weight is 378 g/mol. The Morgan fingerprint density at radius 1 is 1.11 bits per heavy atom. The van der Waals surface area contributed by atoms with Gasteiger partial charge in [0.2, 0.25) is 0 Å². The molecule has 0 atom stereocenters. The number of para-hydroxylation sites is 1. The zero-order chi connectivity index (χ0) is 19.1. The fourth-order valence-corrected chi connectivity index (χ4v) is 2.75. The Morgan fingerprint density at radius 2 is 1.85 bits per heavy atom. The molecule has 1 fully saturated rings. The van der Waals surface area contributed by atoms with Gasteiger partial charge in [-0.25, -0.2) is 4.79 Å². The molecule has 27 heavy (non-hydrogen) atoms. The summed E-state index contributed by atoms with van der Waals surface area (Å²) in [6.45, 7) is 0.334. The zero-order valence-electron chi connectivity index (χ0n) is 14.6. The highest BCUT2D eigenvalue weighted by Crippen LogP contribution is 2.24. The van der Waals surface area contributed by atoms with Gasteiger partial charge in [-0.15, -0.1) is 0 Å². The predicted octanol–water partition coefficient (Wildman–Crippen LogP) is 3.73. The van der Waals surface area contributed by atoms with Crippen molar-refractivity contribution < 1.29 is 27.8 Å². The molecule has 3 rings (SSSR count). The van der Waals surface area contributed by atoms with Crippen LogP contribution in [0.4, 0.5) is 19.3 Å². The first-order chi connectivity index (χ1) is 13.1. The van der Waals surface area contributed by atoms with E-state index in [0.717, 1.165) is 18.7 Å². The molecule has 0 bridgehead atoms. The summed E-state index contributed by atoms with van der Waals surface area (Å²) in [5.41, 5.74) is 1.06. The summed E-state index contributed by atoms with van der Waals surface area (Å²) < 4.78 is 40.2. The van der Waals surface area contributed by atoms with Crippen molar-refractivity contribution in [2.45, 2.75) is 13.2 Å². The van der Waals surface area contributed by atoms with E-state index in [9.17, 15) is 13.6 Å². The zero-order valence-corrected chi connectivity index (χ0v) is 14.6. The molecule has 0 unspecified atom stereocenters. The standard InChI is InChI=1S/C19H20F2N2O4/c20-18(21)26-17-11-14(13-23-6-8-25-9-7-23)10-15(12-17)22-19(24)27-16-4-2-1-3-5-16/h1-5,10-12,18H,6-9,13H2,(H,22,24). The molecule has 2 aromatic carbocycles. The highest BCUT2D eigenvalue weighted by Gasteiger charge is 2.14. The number of morpholine rings is 1. The van der Waals surface area contributed by atoms with Crippen molar-refractivity contribution in [1.29, 1.82) is 0 Å². The molecule has 1 N–H and O–H groups in total. The van der Waals surface area contributed by atoms with Crippen LogP contribution in [0.25, 0.3) is 0 Å². The predicted molar refractivity (Wildman–Crippen MR) is 95.3 cm³/mol. The number of amides is 1. The third kappa shape index (κ3) is 6.19. The molecule has 2 aromatic rings. The first-order valence-electron chi connectivity index (χ1n) is 8.51. The monoisotopic (exact) mass is 378 g/mol. The van der Waals surface area contributed by atoms with Gasteiger partial charge in [-0.05, 0) is 29.8 Å². The number of ether oxygens (including phenoxy) is 3. The number of hydrogen-bond acceptors (Lipinski definition) is 5. The fraction of sp³-hybridized carbons (Fsp3) is 0.316. The largest absolute Gasteiger partial charge is 0.435 e. The van der Waals surface area contributed by atoms with Gasteiger partial charge in [-0.3, -0.25) is 10.2 Å². The first kappa shape index (κ1) is 19.1. The van der Waals surface area contributed by atoms with Gasteiger partial charge in [0, 0.05) is 31.4 Å². The number of carbonyl (C=O) groups is 1. The Bertz CT molecular complexity index is 753. The summed E-state index contributed by atoms with van der Waals surface area (Å²) in [5, 5.41) is 2.55. The number of nitrogens with one attached hydrogen (secondary N) is 1. The lowest BCUT2D eigenvalue weighted by Gasteiger charge is -2.26. The summed E-state index contributed by atoms with van der Waals surface area (Å²) in [6, 6.07) is 13.1. The number of alkyl halides is 2. The lowest BCUT2D eigenvalue weighted by molar-refractivity contribution is -0.0498. The summed E-state index contributed by atoms with van der Waals surface area (Å²) >= 11 is 0. The molecule has 8 heteroatoms. The molecule has 0 spiro atoms. The Hall–Kier alpha value is -2.71. The second-order valence-electron chi connectivity index (χ2n) is 5.96. The van der Waals surface area contributed by atoms with E-state index < -0.39 is 12.7 Å². The minimum Gasteiger partial charge on any atom is -0.435 e. The topological polar surface area (TPSA) is 60.0 Å². The molecule has 0 radical (unpaired) electrons. The van der Waals surface area contributed by atoms with Crippen LogP contribution in [-0.2, 0) is 11.3 Å². The number of rotatable bonds is 6. The summed E-state index contributed by atoms with van der Waals surface area (Å²) in [7, 11) is 0. The quantitative estimate of drug-likeness (QED) is 0.830. The number of halogens is 2. The van der Waals surface area contributed by atoms with Crippen LogP contribution in [0.2, 0.25) is 0 Å². The van der Waals surface area contributed by atoms with Gasteiger partial charge >= 0.3 is 12.7 Å². The highest BCUT2D eigenvalue weighted by atomic mass is 19.3. The molecular formula is C19H20F2N2O4. The number of carbonyl (C=O) groups excluding carboxylic acids is 1. The SMILES string of the molecule is O=C(Nc1cc(CN2CCOCC2)cc(OC(F)F)c1)Oc1ccccc1. The molecule has 1 amide bonds. The third-order valence-electron chi connectivity index (χ3n) is 3.90. The van der Waals surface area contributed by atoms with Crippen molar-refractivity contribution >= 4 is 11.8 Å². The number of benzene rings is 2. The van der Waals surface area contributed by atoms with Gasteiger partial charge in [0.1, 0.15) is 11.5 Å². The summed E-state index contributed by atoms with van der Waals surface area (Å²) in [6.07, 6.45) is -0.715. The smallest absolute Gasteiger partial charge is 0.417 e. The number of hydrogen-bond donors (Lipinski definition) is 1. The average Bonchev–Trinajstić information content (AvgIpc) is 2.62. The van der Waals surface area contributed by atoms with E-state index in [1.54, 1.807) is 36.4 Å². The fourth-order valence-electron chi connectivity index (χ4n) is 2.75. The molecule has 1 heterocycles. The first-order valence-corrected chi connectivity index (χ1v) is 8.51. The second kappa shape index (κ2) is 9.29. The molecule has 6 nitrogen and oxygen atoms in total. The normalized spacial score (nSPS) is 14.8. The van der Waals surface area contributed by atoms with Crippen molar-refractivity contribution in [3.8, 4) is 11.5 Å². The Kier molecular flexibility index (Phi) is 6.56. The van der Waals surface area contributed by atoms with E-state index in [0.29, 0.717) is 31.2 Å². The Labute approximate surface area is 155 Å². The molecule has 0 saturated carbocycles. The number of anilines is 1. The summed E-state index contributed by atoms with van der Waals surface area (Å²) in [5.74, 6) is 0.356. The molecular weight excluding hydrogens is 358 g/mol.